The van der Waals surface area contributed by atoms with E-state index in [0.717, 1.165) is 0 Å². The van der Waals surface area contributed by atoms with Crippen LogP contribution in [0.5, 0.6) is 0 Å². The molecule has 0 radical (unpaired) electrons. The minimum atomic E-state index is -0.957. The van der Waals surface area contributed by atoms with Crippen LogP contribution in [0.4, 0.5) is 4.39 Å². The fourth-order valence-electron chi connectivity index (χ4n) is 2.42. The zero-order valence-electron chi connectivity index (χ0n) is 12.8. The second kappa shape index (κ2) is 7.21. The quantitative estimate of drug-likeness (QED) is 0.840. The van der Waals surface area contributed by atoms with E-state index in [1.165, 1.54) is 31.2 Å². The molecule has 1 heterocycles. The van der Waals surface area contributed by atoms with E-state index in [2.05, 4.69) is 0 Å². The summed E-state index contributed by atoms with van der Waals surface area (Å²) in [6.07, 6.45) is -0.0458. The van der Waals surface area contributed by atoms with Crippen LogP contribution in [0.1, 0.15) is 30.1 Å². The Labute approximate surface area is 133 Å². The number of carbonyl (C=O) groups excluding carboxylic acids is 3. The molecule has 2 N–H and O–H groups in total. The van der Waals surface area contributed by atoms with Gasteiger partial charge in [-0.05, 0) is 44.0 Å². The van der Waals surface area contributed by atoms with Crippen LogP contribution in [0.25, 0.3) is 0 Å². The lowest BCUT2D eigenvalue weighted by Gasteiger charge is -2.31. The van der Waals surface area contributed by atoms with E-state index in [9.17, 15) is 18.8 Å². The number of hydrogen-bond acceptors (Lipinski definition) is 4. The molecular weight excluding hydrogens is 303 g/mol. The van der Waals surface area contributed by atoms with Gasteiger partial charge in [0.1, 0.15) is 5.82 Å². The van der Waals surface area contributed by atoms with Gasteiger partial charge in [-0.2, -0.15) is 0 Å². The van der Waals surface area contributed by atoms with Gasteiger partial charge in [-0.1, -0.05) is 0 Å². The van der Waals surface area contributed by atoms with E-state index in [4.69, 9.17) is 10.5 Å². The van der Waals surface area contributed by atoms with Gasteiger partial charge in [0.15, 0.2) is 6.10 Å². The van der Waals surface area contributed by atoms with Gasteiger partial charge in [0.25, 0.3) is 11.8 Å². The number of likely N-dealkylation sites (tertiary alicyclic amines) is 1. The maximum absolute atomic E-state index is 12.9. The number of ether oxygens (including phenoxy) is 1. The predicted octanol–water partition coefficient (Wildman–Crippen LogP) is 1.09. The predicted molar refractivity (Wildman–Crippen MR) is 79.8 cm³/mol. The second-order valence-corrected chi connectivity index (χ2v) is 5.55. The highest BCUT2D eigenvalue weighted by Crippen LogP contribution is 2.21. The van der Waals surface area contributed by atoms with Gasteiger partial charge in [-0.3, -0.25) is 14.4 Å². The minimum absolute atomic E-state index is 0.192. The summed E-state index contributed by atoms with van der Waals surface area (Å²) in [7, 11) is 0. The smallest absolute Gasteiger partial charge is 0.309 e. The zero-order chi connectivity index (χ0) is 17.0. The van der Waals surface area contributed by atoms with Gasteiger partial charge >= 0.3 is 5.97 Å². The zero-order valence-corrected chi connectivity index (χ0v) is 12.8. The number of nitrogens with two attached hydrogens (primary N) is 1. The number of rotatable bonds is 4. The van der Waals surface area contributed by atoms with Crippen molar-refractivity contribution in [1.29, 1.82) is 0 Å². The number of amides is 2. The third-order valence-corrected chi connectivity index (χ3v) is 3.90. The van der Waals surface area contributed by atoms with Crippen molar-refractivity contribution >= 4 is 17.8 Å². The lowest BCUT2D eigenvalue weighted by molar-refractivity contribution is -0.159. The number of carbonyl (C=O) groups is 3. The van der Waals surface area contributed by atoms with Crippen molar-refractivity contribution in [1.82, 2.24) is 4.90 Å². The monoisotopic (exact) mass is 322 g/mol. The van der Waals surface area contributed by atoms with Crippen LogP contribution in [0.3, 0.4) is 0 Å². The lowest BCUT2D eigenvalue weighted by atomic mass is 9.96. The summed E-state index contributed by atoms with van der Waals surface area (Å²) >= 11 is 0. The van der Waals surface area contributed by atoms with E-state index in [-0.39, 0.29) is 11.8 Å². The van der Waals surface area contributed by atoms with Crippen molar-refractivity contribution in [2.24, 2.45) is 11.7 Å². The Balaban J connectivity index is 1.88. The Kier molecular flexibility index (Phi) is 5.31. The van der Waals surface area contributed by atoms with E-state index < -0.39 is 23.8 Å². The molecular formula is C16H19FN2O4. The fourth-order valence-corrected chi connectivity index (χ4v) is 2.42. The number of esters is 1. The van der Waals surface area contributed by atoms with E-state index in [0.29, 0.717) is 31.5 Å². The molecule has 2 amide bonds. The third-order valence-electron chi connectivity index (χ3n) is 3.90. The molecule has 0 spiro atoms. The Bertz CT molecular complexity index is 595. The molecule has 0 aromatic heterocycles. The number of primary amides is 1. The van der Waals surface area contributed by atoms with Crippen LogP contribution >= 0.6 is 0 Å². The second-order valence-electron chi connectivity index (χ2n) is 5.55. The SMILES string of the molecule is C[C@@H](OC(=O)C1CCN(C(=O)c2ccc(F)cc2)CC1)C(N)=O. The van der Waals surface area contributed by atoms with Gasteiger partial charge < -0.3 is 15.4 Å². The highest BCUT2D eigenvalue weighted by atomic mass is 19.1. The molecule has 1 atom stereocenters. The van der Waals surface area contributed by atoms with Crippen molar-refractivity contribution in [2.75, 3.05) is 13.1 Å². The first-order chi connectivity index (χ1) is 10.9. The van der Waals surface area contributed by atoms with Crippen LogP contribution in [0, 0.1) is 11.7 Å². The van der Waals surface area contributed by atoms with Crippen LogP contribution in [-0.4, -0.2) is 41.9 Å². The Morgan fingerprint density at radius 2 is 1.78 bits per heavy atom. The number of benzene rings is 1. The van der Waals surface area contributed by atoms with Crippen LogP contribution in [0.2, 0.25) is 0 Å². The first-order valence-corrected chi connectivity index (χ1v) is 7.43. The van der Waals surface area contributed by atoms with Gasteiger partial charge in [-0.15, -0.1) is 0 Å². The highest BCUT2D eigenvalue weighted by molar-refractivity contribution is 5.94. The average Bonchev–Trinajstić information content (AvgIpc) is 2.55. The summed E-state index contributed by atoms with van der Waals surface area (Å²) in [5.41, 5.74) is 5.47. The van der Waals surface area contributed by atoms with Crippen LogP contribution in [0.15, 0.2) is 24.3 Å². The third kappa shape index (κ3) is 4.28. The largest absolute Gasteiger partial charge is 0.452 e. The molecule has 1 aliphatic rings. The molecule has 6 nitrogen and oxygen atoms in total. The first-order valence-electron chi connectivity index (χ1n) is 7.43. The molecule has 7 heteroatoms. The van der Waals surface area contributed by atoms with E-state index >= 15 is 0 Å². The molecule has 2 rings (SSSR count). The van der Waals surface area contributed by atoms with Crippen molar-refractivity contribution < 1.29 is 23.5 Å². The van der Waals surface area contributed by atoms with Gasteiger partial charge in [0.2, 0.25) is 0 Å². The van der Waals surface area contributed by atoms with Crippen molar-refractivity contribution in [2.45, 2.75) is 25.9 Å². The molecule has 1 aliphatic heterocycles. The van der Waals surface area contributed by atoms with Crippen molar-refractivity contribution in [3.8, 4) is 0 Å². The van der Waals surface area contributed by atoms with E-state index in [1.807, 2.05) is 0 Å². The topological polar surface area (TPSA) is 89.7 Å². The number of halogens is 1. The molecule has 1 fully saturated rings. The molecule has 0 aliphatic carbocycles. The maximum atomic E-state index is 12.9. The van der Waals surface area contributed by atoms with Gasteiger partial charge in [-0.25, -0.2) is 4.39 Å². The Morgan fingerprint density at radius 3 is 2.30 bits per heavy atom. The van der Waals surface area contributed by atoms with Crippen molar-refractivity contribution in [3.63, 3.8) is 0 Å². The Hall–Kier alpha value is -2.44. The van der Waals surface area contributed by atoms with Gasteiger partial charge in [0, 0.05) is 18.7 Å². The minimum Gasteiger partial charge on any atom is -0.452 e. The number of hydrogen-bond donors (Lipinski definition) is 1. The highest BCUT2D eigenvalue weighted by Gasteiger charge is 2.30. The van der Waals surface area contributed by atoms with Crippen LogP contribution < -0.4 is 5.73 Å². The standard InChI is InChI=1S/C16H19FN2O4/c1-10(14(18)20)23-16(22)12-6-8-19(9-7-12)15(21)11-2-4-13(17)5-3-11/h2-5,10,12H,6-9H2,1H3,(H2,18,20)/t10-/m1/s1. The van der Waals surface area contributed by atoms with Crippen LogP contribution in [-0.2, 0) is 14.3 Å². The molecule has 124 valence electrons. The normalized spacial score (nSPS) is 16.7. The molecule has 1 aromatic carbocycles. The molecule has 1 aromatic rings. The summed E-state index contributed by atoms with van der Waals surface area (Å²) < 4.78 is 17.9. The summed E-state index contributed by atoms with van der Waals surface area (Å²) in [4.78, 5) is 36.7. The number of nitrogens with zero attached hydrogens (tertiary/aromatic N) is 1. The molecule has 23 heavy (non-hydrogen) atoms. The summed E-state index contributed by atoms with van der Waals surface area (Å²) in [5, 5.41) is 0. The summed E-state index contributed by atoms with van der Waals surface area (Å²) in [5.74, 6) is -2.10. The van der Waals surface area contributed by atoms with Gasteiger partial charge in [0.05, 0.1) is 5.92 Å². The summed E-state index contributed by atoms with van der Waals surface area (Å²) in [6, 6.07) is 5.35. The van der Waals surface area contributed by atoms with Crippen molar-refractivity contribution in [3.05, 3.63) is 35.6 Å². The molecule has 0 bridgehead atoms. The molecule has 0 unspecified atom stereocenters. The Morgan fingerprint density at radius 1 is 1.22 bits per heavy atom. The maximum Gasteiger partial charge on any atom is 0.309 e. The average molecular weight is 322 g/mol. The lowest BCUT2D eigenvalue weighted by Crippen LogP contribution is -2.42. The fraction of sp³-hybridized carbons (Fsp3) is 0.438. The number of piperidine rings is 1. The molecule has 0 saturated carbocycles. The first kappa shape index (κ1) is 16.9. The summed E-state index contributed by atoms with van der Waals surface area (Å²) in [6.45, 7) is 2.23. The molecule has 1 saturated heterocycles. The van der Waals surface area contributed by atoms with E-state index in [1.54, 1.807) is 4.90 Å².